The van der Waals surface area contributed by atoms with Gasteiger partial charge in [-0.25, -0.2) is 14.1 Å². The smallest absolute Gasteiger partial charge is 0.280 e. The van der Waals surface area contributed by atoms with Crippen molar-refractivity contribution in [3.63, 3.8) is 0 Å². The Hall–Kier alpha value is -2.89. The summed E-state index contributed by atoms with van der Waals surface area (Å²) in [5.41, 5.74) is 4.78. The highest BCUT2D eigenvalue weighted by molar-refractivity contribution is 6.35. The first kappa shape index (κ1) is 18.5. The van der Waals surface area contributed by atoms with Crippen LogP contribution in [0.2, 0.25) is 10.0 Å². The van der Waals surface area contributed by atoms with Crippen molar-refractivity contribution >= 4 is 34.1 Å². The molecule has 0 amide bonds. The number of nitrogens with zero attached hydrogens (tertiary/aromatic N) is 2. The molecule has 0 bridgehead atoms. The van der Waals surface area contributed by atoms with E-state index in [4.69, 9.17) is 23.2 Å². The molecular weight excluding hydrogens is 400 g/mol. The van der Waals surface area contributed by atoms with Gasteiger partial charge in [0.1, 0.15) is 5.82 Å². The molecule has 4 aromatic rings. The third-order valence-corrected chi connectivity index (χ3v) is 4.91. The number of rotatable bonds is 4. The molecule has 3 aromatic carbocycles. The highest BCUT2D eigenvalue weighted by Gasteiger charge is 2.13. The van der Waals surface area contributed by atoms with Gasteiger partial charge in [0.2, 0.25) is 0 Å². The van der Waals surface area contributed by atoms with Crippen LogP contribution in [0.4, 0.5) is 4.39 Å². The SMILES string of the molecule is O=c1c2ccccc2nc(-c2ccc(F)cc2)n1NCc1ccc(Cl)cc1Cl. The maximum Gasteiger partial charge on any atom is 0.280 e. The van der Waals surface area contributed by atoms with Crippen LogP contribution in [0.1, 0.15) is 5.56 Å². The average molecular weight is 414 g/mol. The zero-order valence-corrected chi connectivity index (χ0v) is 16.0. The second-order valence-electron chi connectivity index (χ2n) is 6.17. The lowest BCUT2D eigenvalue weighted by atomic mass is 10.2. The van der Waals surface area contributed by atoms with E-state index in [2.05, 4.69) is 10.4 Å². The number of fused-ring (bicyclic) bond motifs is 1. The summed E-state index contributed by atoms with van der Waals surface area (Å²) in [7, 11) is 0. The number of nitrogens with one attached hydrogen (secondary N) is 1. The van der Waals surface area contributed by atoms with E-state index in [1.807, 2.05) is 6.07 Å². The molecule has 4 rings (SSSR count). The van der Waals surface area contributed by atoms with Crippen molar-refractivity contribution in [3.05, 3.63) is 98.5 Å². The summed E-state index contributed by atoms with van der Waals surface area (Å²) in [6, 6.07) is 18.1. The molecule has 0 aliphatic carbocycles. The number of aromatic nitrogens is 2. The maximum atomic E-state index is 13.4. The predicted octanol–water partition coefficient (Wildman–Crippen LogP) is 5.25. The normalized spacial score (nSPS) is 11.0. The standard InChI is InChI=1S/C21H14Cl2FN3O/c22-15-8-5-14(18(23)11-15)12-25-27-20(13-6-9-16(24)10-7-13)26-19-4-2-1-3-17(19)21(27)28/h1-11,25H,12H2. The molecule has 0 spiro atoms. The van der Waals surface area contributed by atoms with E-state index < -0.39 is 0 Å². The Kier molecular flexibility index (Phi) is 5.03. The number of halogens is 3. The molecule has 0 aliphatic heterocycles. The van der Waals surface area contributed by atoms with Crippen molar-refractivity contribution < 1.29 is 4.39 Å². The molecule has 1 heterocycles. The van der Waals surface area contributed by atoms with E-state index in [0.717, 1.165) is 5.56 Å². The Morgan fingerprint density at radius 1 is 1.00 bits per heavy atom. The number of hydrogen-bond acceptors (Lipinski definition) is 3. The quantitative estimate of drug-likeness (QED) is 0.496. The first-order chi connectivity index (χ1) is 13.5. The second-order valence-corrected chi connectivity index (χ2v) is 7.01. The minimum absolute atomic E-state index is 0.255. The fraction of sp³-hybridized carbons (Fsp3) is 0.0476. The molecule has 4 nitrogen and oxygen atoms in total. The summed E-state index contributed by atoms with van der Waals surface area (Å²) in [6.45, 7) is 0.282. The molecule has 0 atom stereocenters. The van der Waals surface area contributed by atoms with E-state index in [0.29, 0.717) is 32.3 Å². The molecule has 0 saturated heterocycles. The summed E-state index contributed by atoms with van der Waals surface area (Å²) in [5.74, 6) is 0.0214. The summed E-state index contributed by atoms with van der Waals surface area (Å²) in [4.78, 5) is 17.7. The number of para-hydroxylation sites is 1. The third-order valence-electron chi connectivity index (χ3n) is 4.32. The Morgan fingerprint density at radius 2 is 1.75 bits per heavy atom. The van der Waals surface area contributed by atoms with Gasteiger partial charge in [-0.1, -0.05) is 41.4 Å². The molecular formula is C21H14Cl2FN3O. The van der Waals surface area contributed by atoms with Gasteiger partial charge in [0.15, 0.2) is 5.82 Å². The summed E-state index contributed by atoms with van der Waals surface area (Å²) >= 11 is 12.2. The van der Waals surface area contributed by atoms with Gasteiger partial charge < -0.3 is 5.43 Å². The van der Waals surface area contributed by atoms with Crippen molar-refractivity contribution in [1.82, 2.24) is 9.66 Å². The largest absolute Gasteiger partial charge is 0.317 e. The Labute approximate surface area is 170 Å². The van der Waals surface area contributed by atoms with E-state index in [9.17, 15) is 9.18 Å². The number of hydrogen-bond donors (Lipinski definition) is 1. The monoisotopic (exact) mass is 413 g/mol. The van der Waals surface area contributed by atoms with Gasteiger partial charge in [-0.2, -0.15) is 0 Å². The molecule has 0 unspecified atom stereocenters. The van der Waals surface area contributed by atoms with Crippen molar-refractivity contribution in [1.29, 1.82) is 0 Å². The predicted molar refractivity (Wildman–Crippen MR) is 111 cm³/mol. The molecule has 7 heteroatoms. The zero-order chi connectivity index (χ0) is 19.7. The zero-order valence-electron chi connectivity index (χ0n) is 14.5. The summed E-state index contributed by atoms with van der Waals surface area (Å²) in [6.07, 6.45) is 0. The lowest BCUT2D eigenvalue weighted by Gasteiger charge is -2.16. The van der Waals surface area contributed by atoms with Crippen molar-refractivity contribution in [2.24, 2.45) is 0 Å². The van der Waals surface area contributed by atoms with Gasteiger partial charge in [0.05, 0.1) is 17.4 Å². The van der Waals surface area contributed by atoms with Gasteiger partial charge in [0, 0.05) is 15.6 Å². The van der Waals surface area contributed by atoms with Gasteiger partial charge in [-0.15, -0.1) is 0 Å². The average Bonchev–Trinajstić information content (AvgIpc) is 2.69. The van der Waals surface area contributed by atoms with E-state index in [1.165, 1.54) is 16.8 Å². The fourth-order valence-electron chi connectivity index (χ4n) is 2.90. The van der Waals surface area contributed by atoms with Crippen LogP contribution in [-0.2, 0) is 6.54 Å². The van der Waals surface area contributed by atoms with Gasteiger partial charge in [-0.05, 0) is 54.1 Å². The molecule has 1 N–H and O–H groups in total. The lowest BCUT2D eigenvalue weighted by Crippen LogP contribution is -2.31. The molecule has 28 heavy (non-hydrogen) atoms. The lowest BCUT2D eigenvalue weighted by molar-refractivity contribution is 0.628. The van der Waals surface area contributed by atoms with E-state index in [1.54, 1.807) is 48.5 Å². The van der Waals surface area contributed by atoms with Crippen molar-refractivity contribution in [2.75, 3.05) is 5.43 Å². The summed E-state index contributed by atoms with van der Waals surface area (Å²) < 4.78 is 14.7. The van der Waals surface area contributed by atoms with E-state index in [-0.39, 0.29) is 17.9 Å². The topological polar surface area (TPSA) is 46.9 Å². The van der Waals surface area contributed by atoms with Crippen molar-refractivity contribution in [2.45, 2.75) is 6.54 Å². The molecule has 140 valence electrons. The second kappa shape index (κ2) is 7.62. The minimum atomic E-state index is -0.362. The van der Waals surface area contributed by atoms with Gasteiger partial charge in [-0.3, -0.25) is 4.79 Å². The molecule has 0 radical (unpaired) electrons. The molecule has 0 saturated carbocycles. The van der Waals surface area contributed by atoms with Gasteiger partial charge in [0.25, 0.3) is 5.56 Å². The van der Waals surface area contributed by atoms with Crippen LogP contribution in [0.15, 0.2) is 71.5 Å². The summed E-state index contributed by atoms with van der Waals surface area (Å²) in [5, 5.41) is 1.50. The van der Waals surface area contributed by atoms with Crippen LogP contribution in [-0.4, -0.2) is 9.66 Å². The highest BCUT2D eigenvalue weighted by Crippen LogP contribution is 2.22. The van der Waals surface area contributed by atoms with Crippen molar-refractivity contribution in [3.8, 4) is 11.4 Å². The maximum absolute atomic E-state index is 13.4. The molecule has 1 aromatic heterocycles. The third kappa shape index (κ3) is 3.59. The fourth-order valence-corrected chi connectivity index (χ4v) is 3.38. The van der Waals surface area contributed by atoms with Crippen LogP contribution in [0.25, 0.3) is 22.3 Å². The molecule has 0 fully saturated rings. The van der Waals surface area contributed by atoms with Crippen LogP contribution in [0.3, 0.4) is 0 Å². The van der Waals surface area contributed by atoms with Crippen LogP contribution in [0, 0.1) is 5.82 Å². The Balaban J connectivity index is 1.82. The first-order valence-electron chi connectivity index (χ1n) is 8.48. The Morgan fingerprint density at radius 3 is 2.50 bits per heavy atom. The molecule has 0 aliphatic rings. The van der Waals surface area contributed by atoms with Gasteiger partial charge >= 0.3 is 0 Å². The van der Waals surface area contributed by atoms with Crippen LogP contribution < -0.4 is 11.0 Å². The van der Waals surface area contributed by atoms with Crippen LogP contribution in [0.5, 0.6) is 0 Å². The Bertz CT molecular complexity index is 1220. The first-order valence-corrected chi connectivity index (χ1v) is 9.24. The highest BCUT2D eigenvalue weighted by atomic mass is 35.5. The minimum Gasteiger partial charge on any atom is -0.317 e. The van der Waals surface area contributed by atoms with E-state index >= 15 is 0 Å². The van der Waals surface area contributed by atoms with Crippen LogP contribution >= 0.6 is 23.2 Å². The number of benzene rings is 3.